The number of nitrogens with two attached hydrogens (primary N) is 2. The molecular weight excluding hydrogens is 456 g/mol. The van der Waals surface area contributed by atoms with Gasteiger partial charge >= 0.3 is 6.09 Å². The third kappa shape index (κ3) is 5.87. The molecule has 1 fully saturated rings. The van der Waals surface area contributed by atoms with Crippen LogP contribution in [-0.4, -0.2) is 49.0 Å². The Balaban J connectivity index is 1.83. The maximum absolute atomic E-state index is 12.7. The van der Waals surface area contributed by atoms with E-state index in [0.29, 0.717) is 42.2 Å². The Morgan fingerprint density at radius 3 is 2.32 bits per heavy atom. The maximum Gasteiger partial charge on any atom is 0.411 e. The summed E-state index contributed by atoms with van der Waals surface area (Å²) in [7, 11) is 0. The SMILES string of the molecule is CCc1ccc(NC(=O)OCC2(C(C(N)=O)c3ccccc3Cl)CCN(C(=O)CN)CC2)cc1. The lowest BCUT2D eigenvalue weighted by molar-refractivity contribution is -0.134. The van der Waals surface area contributed by atoms with E-state index >= 15 is 0 Å². The Morgan fingerprint density at radius 2 is 1.76 bits per heavy atom. The van der Waals surface area contributed by atoms with Gasteiger partial charge in [0.25, 0.3) is 0 Å². The highest BCUT2D eigenvalue weighted by molar-refractivity contribution is 6.31. The van der Waals surface area contributed by atoms with Crippen molar-refractivity contribution < 1.29 is 19.1 Å². The van der Waals surface area contributed by atoms with E-state index in [4.69, 9.17) is 27.8 Å². The van der Waals surface area contributed by atoms with E-state index in [-0.39, 0.29) is 19.1 Å². The number of likely N-dealkylation sites (tertiary alicyclic amines) is 1. The number of halogens is 1. The molecule has 1 saturated heterocycles. The average molecular weight is 487 g/mol. The predicted molar refractivity (Wildman–Crippen MR) is 131 cm³/mol. The number of nitrogens with one attached hydrogen (secondary N) is 1. The summed E-state index contributed by atoms with van der Waals surface area (Å²) in [5.74, 6) is -1.53. The number of hydrogen-bond acceptors (Lipinski definition) is 5. The first-order valence-corrected chi connectivity index (χ1v) is 11.7. The Hall–Kier alpha value is -3.10. The fourth-order valence-electron chi connectivity index (χ4n) is 4.53. The van der Waals surface area contributed by atoms with Crippen molar-refractivity contribution in [1.29, 1.82) is 0 Å². The van der Waals surface area contributed by atoms with Gasteiger partial charge in [0.15, 0.2) is 0 Å². The molecule has 9 heteroatoms. The number of aryl methyl sites for hydroxylation is 1. The first kappa shape index (κ1) is 25.5. The van der Waals surface area contributed by atoms with Crippen LogP contribution in [0.5, 0.6) is 0 Å². The smallest absolute Gasteiger partial charge is 0.411 e. The number of hydrogen-bond donors (Lipinski definition) is 3. The van der Waals surface area contributed by atoms with E-state index in [0.717, 1.165) is 12.0 Å². The van der Waals surface area contributed by atoms with Gasteiger partial charge in [-0.25, -0.2) is 4.79 Å². The van der Waals surface area contributed by atoms with Crippen molar-refractivity contribution in [3.8, 4) is 0 Å². The number of nitrogens with zero attached hydrogens (tertiary/aromatic N) is 1. The zero-order valence-corrected chi connectivity index (χ0v) is 20.0. The van der Waals surface area contributed by atoms with Crippen molar-refractivity contribution in [3.05, 3.63) is 64.7 Å². The van der Waals surface area contributed by atoms with Gasteiger partial charge in [-0.3, -0.25) is 14.9 Å². The van der Waals surface area contributed by atoms with Crippen LogP contribution < -0.4 is 16.8 Å². The van der Waals surface area contributed by atoms with Crippen molar-refractivity contribution in [2.24, 2.45) is 16.9 Å². The van der Waals surface area contributed by atoms with Crippen LogP contribution >= 0.6 is 11.6 Å². The number of amides is 3. The molecule has 3 rings (SSSR count). The molecule has 1 aliphatic heterocycles. The summed E-state index contributed by atoms with van der Waals surface area (Å²) in [6.07, 6.45) is 1.06. The third-order valence-electron chi connectivity index (χ3n) is 6.50. The first-order valence-electron chi connectivity index (χ1n) is 11.3. The highest BCUT2D eigenvalue weighted by Gasteiger charge is 2.47. The number of anilines is 1. The summed E-state index contributed by atoms with van der Waals surface area (Å²) in [6, 6.07) is 14.5. The van der Waals surface area contributed by atoms with Gasteiger partial charge in [0.2, 0.25) is 11.8 Å². The van der Waals surface area contributed by atoms with Crippen LogP contribution in [-0.2, 0) is 20.7 Å². The van der Waals surface area contributed by atoms with Gasteiger partial charge in [-0.15, -0.1) is 0 Å². The minimum atomic E-state index is -0.828. The summed E-state index contributed by atoms with van der Waals surface area (Å²) < 4.78 is 5.63. The predicted octanol–water partition coefficient (Wildman–Crippen LogP) is 3.29. The zero-order valence-electron chi connectivity index (χ0n) is 19.3. The van der Waals surface area contributed by atoms with Crippen LogP contribution in [0.4, 0.5) is 10.5 Å². The van der Waals surface area contributed by atoms with Crippen LogP contribution in [0.1, 0.15) is 36.8 Å². The number of ether oxygens (including phenoxy) is 1. The molecule has 1 atom stereocenters. The lowest BCUT2D eigenvalue weighted by atomic mass is 9.66. The standard InChI is InChI=1S/C25H31ClN4O4/c1-2-17-7-9-18(10-8-17)29-24(33)34-16-25(11-13-30(14-12-25)21(31)15-27)22(23(28)32)19-5-3-4-6-20(19)26/h3-10,22H,2,11-16,27H2,1H3,(H2,28,32)(H,29,33). The molecule has 34 heavy (non-hydrogen) atoms. The number of primary amides is 1. The molecule has 0 aliphatic carbocycles. The first-order chi connectivity index (χ1) is 16.3. The highest BCUT2D eigenvalue weighted by Crippen LogP contribution is 2.46. The van der Waals surface area contributed by atoms with E-state index in [1.165, 1.54) is 0 Å². The van der Waals surface area contributed by atoms with Gasteiger partial charge in [0.1, 0.15) is 6.61 Å². The molecule has 0 spiro atoms. The largest absolute Gasteiger partial charge is 0.449 e. The van der Waals surface area contributed by atoms with Crippen molar-refractivity contribution in [2.45, 2.75) is 32.1 Å². The molecule has 2 aromatic carbocycles. The third-order valence-corrected chi connectivity index (χ3v) is 6.84. The Kier molecular flexibility index (Phi) is 8.52. The van der Waals surface area contributed by atoms with Gasteiger partial charge in [0.05, 0.1) is 12.5 Å². The molecular formula is C25H31ClN4O4. The molecule has 0 bridgehead atoms. The summed E-state index contributed by atoms with van der Waals surface area (Å²) in [4.78, 5) is 39.1. The Labute approximate surface area is 204 Å². The van der Waals surface area contributed by atoms with E-state index in [1.54, 1.807) is 29.2 Å². The van der Waals surface area contributed by atoms with E-state index in [1.807, 2.05) is 24.3 Å². The summed E-state index contributed by atoms with van der Waals surface area (Å²) in [5, 5.41) is 3.13. The molecule has 1 unspecified atom stereocenters. The van der Waals surface area contributed by atoms with Crippen LogP contribution in [0.2, 0.25) is 5.02 Å². The van der Waals surface area contributed by atoms with Crippen molar-refractivity contribution >= 4 is 35.2 Å². The average Bonchev–Trinajstić information content (AvgIpc) is 2.84. The molecule has 8 nitrogen and oxygen atoms in total. The molecule has 0 aromatic heterocycles. The minimum absolute atomic E-state index is 0.0602. The summed E-state index contributed by atoms with van der Waals surface area (Å²) in [6.45, 7) is 2.64. The number of benzene rings is 2. The number of piperidine rings is 1. The van der Waals surface area contributed by atoms with Gasteiger partial charge < -0.3 is 21.1 Å². The molecule has 1 heterocycles. The van der Waals surface area contributed by atoms with Crippen molar-refractivity contribution in [3.63, 3.8) is 0 Å². The van der Waals surface area contributed by atoms with Crippen LogP contribution in [0.3, 0.4) is 0 Å². The quantitative estimate of drug-likeness (QED) is 0.527. The number of carbonyl (C=O) groups is 3. The zero-order chi connectivity index (χ0) is 24.7. The topological polar surface area (TPSA) is 128 Å². The Morgan fingerprint density at radius 1 is 1.12 bits per heavy atom. The molecule has 182 valence electrons. The lowest BCUT2D eigenvalue weighted by Gasteiger charge is -2.45. The van der Waals surface area contributed by atoms with Crippen LogP contribution in [0, 0.1) is 5.41 Å². The summed E-state index contributed by atoms with van der Waals surface area (Å²) >= 11 is 6.43. The monoisotopic (exact) mass is 486 g/mol. The lowest BCUT2D eigenvalue weighted by Crippen LogP contribution is -2.51. The minimum Gasteiger partial charge on any atom is -0.449 e. The van der Waals surface area contributed by atoms with Gasteiger partial charge in [-0.1, -0.05) is 48.9 Å². The second kappa shape index (κ2) is 11.4. The normalized spacial score (nSPS) is 15.9. The van der Waals surface area contributed by atoms with E-state index < -0.39 is 23.3 Å². The fourth-order valence-corrected chi connectivity index (χ4v) is 4.77. The van der Waals surface area contributed by atoms with Crippen LogP contribution in [0.25, 0.3) is 0 Å². The molecule has 0 radical (unpaired) electrons. The molecule has 5 N–H and O–H groups in total. The maximum atomic E-state index is 12.7. The fraction of sp³-hybridized carbons (Fsp3) is 0.400. The van der Waals surface area contributed by atoms with Gasteiger partial charge in [0, 0.05) is 29.2 Å². The van der Waals surface area contributed by atoms with E-state index in [2.05, 4.69) is 12.2 Å². The second-order valence-corrected chi connectivity index (χ2v) is 8.96. The molecule has 1 aliphatic rings. The molecule has 3 amide bonds. The molecule has 0 saturated carbocycles. The van der Waals surface area contributed by atoms with Gasteiger partial charge in [-0.05, 0) is 48.6 Å². The van der Waals surface area contributed by atoms with Crippen molar-refractivity contribution in [2.75, 3.05) is 31.6 Å². The van der Waals surface area contributed by atoms with Crippen LogP contribution in [0.15, 0.2) is 48.5 Å². The highest BCUT2D eigenvalue weighted by atomic mass is 35.5. The Bertz CT molecular complexity index is 1020. The number of rotatable bonds is 8. The summed E-state index contributed by atoms with van der Waals surface area (Å²) in [5.41, 5.74) is 12.9. The van der Waals surface area contributed by atoms with E-state index in [9.17, 15) is 14.4 Å². The number of carbonyl (C=O) groups excluding carboxylic acids is 3. The second-order valence-electron chi connectivity index (χ2n) is 8.56. The van der Waals surface area contributed by atoms with Gasteiger partial charge in [-0.2, -0.15) is 0 Å². The van der Waals surface area contributed by atoms with Crippen molar-refractivity contribution in [1.82, 2.24) is 4.90 Å². The molecule has 2 aromatic rings.